The van der Waals surface area contributed by atoms with Gasteiger partial charge in [-0.05, 0) is 78.7 Å². The van der Waals surface area contributed by atoms with Crippen LogP contribution < -0.4 is 16.0 Å². The number of hydrogen-bond acceptors (Lipinski definition) is 6. The first kappa shape index (κ1) is 28.9. The van der Waals surface area contributed by atoms with Crippen molar-refractivity contribution in [3.8, 4) is 0 Å². The average molecular weight is 570 g/mol. The van der Waals surface area contributed by atoms with E-state index in [1.54, 1.807) is 29.2 Å². The number of pyridine rings is 1. The van der Waals surface area contributed by atoms with Gasteiger partial charge in [0.05, 0.1) is 28.6 Å². The highest BCUT2D eigenvalue weighted by Gasteiger charge is 2.36. The lowest BCUT2D eigenvalue weighted by atomic mass is 9.86. The summed E-state index contributed by atoms with van der Waals surface area (Å²) >= 11 is 0. The molecule has 1 aliphatic carbocycles. The van der Waals surface area contributed by atoms with E-state index in [0.29, 0.717) is 35.0 Å². The monoisotopic (exact) mass is 569 g/mol. The molecule has 0 atom stereocenters. The van der Waals surface area contributed by atoms with E-state index in [1.165, 1.54) is 0 Å². The molecule has 3 heterocycles. The van der Waals surface area contributed by atoms with Gasteiger partial charge in [-0.15, -0.1) is 0 Å². The summed E-state index contributed by atoms with van der Waals surface area (Å²) < 4.78 is 43.1. The van der Waals surface area contributed by atoms with Crippen LogP contribution >= 0.6 is 0 Å². The molecule has 2 aliphatic rings. The normalized spacial score (nSPS) is 20.5. The third kappa shape index (κ3) is 6.50. The topological polar surface area (TPSA) is 87.1 Å². The summed E-state index contributed by atoms with van der Waals surface area (Å²) in [5.74, 6) is 0.165. The minimum Gasteiger partial charge on any atom is -0.382 e. The summed E-state index contributed by atoms with van der Waals surface area (Å²) in [5.41, 5.74) is -0.0993. The zero-order valence-corrected chi connectivity index (χ0v) is 24.0. The number of benzene rings is 1. The number of allylic oxidation sites excluding steroid dienone is 1. The molecule has 1 aromatic carbocycles. The van der Waals surface area contributed by atoms with Gasteiger partial charge in [0.1, 0.15) is 5.82 Å². The van der Waals surface area contributed by atoms with E-state index in [0.717, 1.165) is 31.6 Å². The zero-order chi connectivity index (χ0) is 29.5. The number of alkyl halides is 3. The van der Waals surface area contributed by atoms with E-state index in [4.69, 9.17) is 0 Å². The van der Waals surface area contributed by atoms with Crippen molar-refractivity contribution in [2.75, 3.05) is 30.8 Å². The predicted molar refractivity (Wildman–Crippen MR) is 156 cm³/mol. The van der Waals surface area contributed by atoms with Gasteiger partial charge in [0, 0.05) is 40.8 Å². The number of carbonyl (C=O) groups excluding carboxylic acids is 1. The van der Waals surface area contributed by atoms with Crippen LogP contribution in [-0.4, -0.2) is 70.0 Å². The fourth-order valence-electron chi connectivity index (χ4n) is 5.35. The Labute approximate surface area is 238 Å². The van der Waals surface area contributed by atoms with Gasteiger partial charge in [0.25, 0.3) is 5.91 Å². The number of hydrogen-bond donors (Lipinski definition) is 3. The Kier molecular flexibility index (Phi) is 7.76. The minimum absolute atomic E-state index is 0.0384. The SMILES string of the molecule is C=C(c1nc(NC2CC(NC(=O)c3cnn(C(C)(C)C)c3)C2)cc2c(NC3CCN(C)CC3)cccc12)C(F)(F)F. The van der Waals surface area contributed by atoms with Crippen LogP contribution in [-0.2, 0) is 5.54 Å². The molecular formula is C30H38F3N7O. The quantitative estimate of drug-likeness (QED) is 0.342. The Morgan fingerprint density at radius 1 is 1.02 bits per heavy atom. The molecule has 2 fully saturated rings. The maximum Gasteiger partial charge on any atom is 0.417 e. The summed E-state index contributed by atoms with van der Waals surface area (Å²) in [4.78, 5) is 19.4. The first-order chi connectivity index (χ1) is 19.3. The number of fused-ring (bicyclic) bond motifs is 1. The van der Waals surface area contributed by atoms with Crippen molar-refractivity contribution in [3.63, 3.8) is 0 Å². The van der Waals surface area contributed by atoms with Gasteiger partial charge in [-0.25, -0.2) is 4.98 Å². The molecule has 11 heteroatoms. The predicted octanol–water partition coefficient (Wildman–Crippen LogP) is 5.64. The Morgan fingerprint density at radius 3 is 2.37 bits per heavy atom. The van der Waals surface area contributed by atoms with Crippen molar-refractivity contribution in [1.82, 2.24) is 25.0 Å². The number of piperidine rings is 1. The van der Waals surface area contributed by atoms with E-state index in [9.17, 15) is 18.0 Å². The fraction of sp³-hybridized carbons (Fsp3) is 0.500. The molecule has 0 unspecified atom stereocenters. The lowest BCUT2D eigenvalue weighted by molar-refractivity contribution is -0.0688. The first-order valence-electron chi connectivity index (χ1n) is 14.1. The second-order valence-electron chi connectivity index (χ2n) is 12.3. The number of nitrogens with zero attached hydrogens (tertiary/aromatic N) is 4. The van der Waals surface area contributed by atoms with Crippen LogP contribution in [0.2, 0.25) is 0 Å². The number of anilines is 2. The van der Waals surface area contributed by atoms with Gasteiger partial charge in [-0.2, -0.15) is 18.3 Å². The second-order valence-corrected chi connectivity index (χ2v) is 12.3. The molecule has 41 heavy (non-hydrogen) atoms. The molecule has 3 aromatic rings. The lowest BCUT2D eigenvalue weighted by Crippen LogP contribution is -2.49. The van der Waals surface area contributed by atoms with Crippen molar-refractivity contribution in [3.05, 3.63) is 54.5 Å². The molecular weight excluding hydrogens is 531 g/mol. The molecule has 2 aromatic heterocycles. The smallest absolute Gasteiger partial charge is 0.382 e. The number of nitrogens with one attached hydrogen (secondary N) is 3. The summed E-state index contributed by atoms with van der Waals surface area (Å²) in [6.45, 7) is 11.3. The van der Waals surface area contributed by atoms with Crippen LogP contribution in [0, 0.1) is 0 Å². The van der Waals surface area contributed by atoms with Crippen molar-refractivity contribution in [1.29, 1.82) is 0 Å². The Balaban J connectivity index is 1.32. The summed E-state index contributed by atoms with van der Waals surface area (Å²) in [5, 5.41) is 15.2. The molecule has 1 saturated heterocycles. The third-order valence-electron chi connectivity index (χ3n) is 7.94. The van der Waals surface area contributed by atoms with Crippen LogP contribution in [0.4, 0.5) is 24.7 Å². The van der Waals surface area contributed by atoms with Crippen molar-refractivity contribution in [2.45, 2.75) is 76.3 Å². The molecule has 3 N–H and O–H groups in total. The standard InChI is InChI=1S/C30H38F3N7O/c1-18(30(31,32)33)27-23-7-6-8-25(35-20-9-11-39(5)12-10-20)24(23)15-26(38-27)36-21-13-22(14-21)37-28(41)19-16-34-40(17-19)29(2,3)4/h6-8,15-17,20-22,35H,1,9-14H2,2-5H3,(H,36,38)(H,37,41). The van der Waals surface area contributed by atoms with E-state index in [-0.39, 0.29) is 35.3 Å². The number of rotatable bonds is 7. The molecule has 1 amide bonds. The molecule has 0 bridgehead atoms. The highest BCUT2D eigenvalue weighted by molar-refractivity contribution is 6.01. The molecule has 1 saturated carbocycles. The van der Waals surface area contributed by atoms with Crippen LogP contribution in [0.15, 0.2) is 43.2 Å². The Bertz CT molecular complexity index is 1430. The zero-order valence-electron chi connectivity index (χ0n) is 24.0. The van der Waals surface area contributed by atoms with Crippen LogP contribution in [0.3, 0.4) is 0 Å². The van der Waals surface area contributed by atoms with E-state index in [1.807, 2.05) is 32.9 Å². The summed E-state index contributed by atoms with van der Waals surface area (Å²) in [6, 6.07) is 7.28. The largest absolute Gasteiger partial charge is 0.417 e. The Morgan fingerprint density at radius 2 is 1.73 bits per heavy atom. The molecule has 1 aliphatic heterocycles. The van der Waals surface area contributed by atoms with Gasteiger partial charge in [-0.1, -0.05) is 18.7 Å². The van der Waals surface area contributed by atoms with Crippen molar-refractivity contribution in [2.24, 2.45) is 0 Å². The number of aromatic nitrogens is 3. The fourth-order valence-corrected chi connectivity index (χ4v) is 5.35. The molecule has 5 rings (SSSR count). The molecule has 8 nitrogen and oxygen atoms in total. The highest BCUT2D eigenvalue weighted by atomic mass is 19.4. The van der Waals surface area contributed by atoms with Crippen LogP contribution in [0.1, 0.15) is 62.5 Å². The van der Waals surface area contributed by atoms with Gasteiger partial charge in [0.15, 0.2) is 0 Å². The average Bonchev–Trinajstić information content (AvgIpc) is 3.39. The van der Waals surface area contributed by atoms with Crippen molar-refractivity contribution < 1.29 is 18.0 Å². The van der Waals surface area contributed by atoms with E-state index in [2.05, 4.69) is 44.6 Å². The molecule has 0 radical (unpaired) electrons. The summed E-state index contributed by atoms with van der Waals surface area (Å²) in [7, 11) is 2.09. The van der Waals surface area contributed by atoms with Crippen molar-refractivity contribution >= 4 is 33.8 Å². The Hall–Kier alpha value is -3.60. The first-order valence-corrected chi connectivity index (χ1v) is 14.1. The van der Waals surface area contributed by atoms with E-state index >= 15 is 0 Å². The number of halogens is 3. The highest BCUT2D eigenvalue weighted by Crippen LogP contribution is 2.38. The minimum atomic E-state index is -4.61. The molecule has 220 valence electrons. The van der Waals surface area contributed by atoms with Gasteiger partial charge < -0.3 is 20.9 Å². The number of amides is 1. The van der Waals surface area contributed by atoms with Crippen LogP contribution in [0.5, 0.6) is 0 Å². The third-order valence-corrected chi connectivity index (χ3v) is 7.94. The summed E-state index contributed by atoms with van der Waals surface area (Å²) in [6.07, 6.45) is 1.85. The van der Waals surface area contributed by atoms with E-state index < -0.39 is 11.7 Å². The van der Waals surface area contributed by atoms with Gasteiger partial charge in [-0.3, -0.25) is 9.48 Å². The number of carbonyl (C=O) groups is 1. The maximum absolute atomic E-state index is 13.8. The molecule has 0 spiro atoms. The van der Waals surface area contributed by atoms with Crippen LogP contribution in [0.25, 0.3) is 16.3 Å². The lowest BCUT2D eigenvalue weighted by Gasteiger charge is -2.36. The number of likely N-dealkylation sites (tertiary alicyclic amines) is 1. The maximum atomic E-state index is 13.8. The van der Waals surface area contributed by atoms with Gasteiger partial charge >= 0.3 is 6.18 Å². The second kappa shape index (κ2) is 11.0. The van der Waals surface area contributed by atoms with Gasteiger partial charge in [0.2, 0.25) is 0 Å².